The second-order valence-electron chi connectivity index (χ2n) is 8.85. The molecule has 36 heavy (non-hydrogen) atoms. The Morgan fingerprint density at radius 3 is 2.58 bits per heavy atom. The lowest BCUT2D eigenvalue weighted by Gasteiger charge is -2.16. The summed E-state index contributed by atoms with van der Waals surface area (Å²) in [7, 11) is 0. The molecule has 0 saturated carbocycles. The maximum absolute atomic E-state index is 12.0. The molecule has 1 aliphatic heterocycles. The zero-order chi connectivity index (χ0) is 25.6. The van der Waals surface area contributed by atoms with E-state index in [2.05, 4.69) is 35.4 Å². The fourth-order valence-corrected chi connectivity index (χ4v) is 5.58. The molecular formula is C27H24N6O2S. The fourth-order valence-electron chi connectivity index (χ4n) is 4.36. The maximum atomic E-state index is 12.0. The number of aliphatic imine (C=N–C) groups is 1. The van der Waals surface area contributed by atoms with Gasteiger partial charge < -0.3 is 10.4 Å². The van der Waals surface area contributed by atoms with Crippen LogP contribution in [0, 0.1) is 38.0 Å². The number of hydrogen-bond acceptors (Lipinski definition) is 7. The molecule has 2 aromatic heterocycles. The summed E-state index contributed by atoms with van der Waals surface area (Å²) in [6.07, 6.45) is 0. The van der Waals surface area contributed by atoms with Gasteiger partial charge >= 0.3 is 5.97 Å². The number of nitrogens with zero attached hydrogens (tertiary/aromatic N) is 5. The van der Waals surface area contributed by atoms with Gasteiger partial charge in [-0.25, -0.2) is 0 Å². The normalized spacial score (nSPS) is 15.2. The van der Waals surface area contributed by atoms with E-state index >= 15 is 0 Å². The highest BCUT2D eigenvalue weighted by atomic mass is 32.1. The van der Waals surface area contributed by atoms with Crippen molar-refractivity contribution in [3.8, 4) is 11.1 Å². The second-order valence-corrected chi connectivity index (χ2v) is 10.1. The van der Waals surface area contributed by atoms with E-state index < -0.39 is 17.9 Å². The molecule has 0 spiro atoms. The predicted molar refractivity (Wildman–Crippen MR) is 140 cm³/mol. The number of carbonyl (C=O) groups is 1. The lowest BCUT2D eigenvalue weighted by Crippen LogP contribution is -2.21. The molecule has 5 rings (SSSR count). The van der Waals surface area contributed by atoms with E-state index in [1.807, 2.05) is 47.9 Å². The second kappa shape index (κ2) is 9.06. The molecule has 0 aliphatic carbocycles. The topological polar surface area (TPSA) is 116 Å². The van der Waals surface area contributed by atoms with Crippen LogP contribution in [-0.4, -0.2) is 31.6 Å². The van der Waals surface area contributed by atoms with Crippen LogP contribution in [0.1, 0.15) is 51.7 Å². The number of rotatable bonds is 5. The number of benzene rings is 2. The minimum Gasteiger partial charge on any atom is -0.481 e. The highest BCUT2D eigenvalue weighted by Gasteiger charge is 2.36. The van der Waals surface area contributed by atoms with Crippen LogP contribution in [0.2, 0.25) is 0 Å². The van der Waals surface area contributed by atoms with Crippen LogP contribution in [0.5, 0.6) is 0 Å². The van der Waals surface area contributed by atoms with Crippen molar-refractivity contribution in [2.75, 3.05) is 5.32 Å². The van der Waals surface area contributed by atoms with Crippen molar-refractivity contribution in [3.63, 3.8) is 0 Å². The molecule has 2 aromatic carbocycles. The van der Waals surface area contributed by atoms with Crippen molar-refractivity contribution >= 4 is 34.4 Å². The molecular weight excluding hydrogens is 472 g/mol. The molecule has 2 atom stereocenters. The van der Waals surface area contributed by atoms with Gasteiger partial charge in [-0.15, -0.1) is 21.5 Å². The Hall–Kier alpha value is -4.29. The summed E-state index contributed by atoms with van der Waals surface area (Å²) in [5.74, 6) is -0.486. The molecule has 0 fully saturated rings. The Kier molecular flexibility index (Phi) is 5.90. The molecule has 180 valence electrons. The van der Waals surface area contributed by atoms with Gasteiger partial charge in [-0.2, -0.15) is 5.26 Å². The molecule has 9 heteroatoms. The fraction of sp³-hybridized carbons (Fsp3) is 0.222. The monoisotopic (exact) mass is 496 g/mol. The van der Waals surface area contributed by atoms with Crippen LogP contribution >= 0.6 is 11.3 Å². The SMILES string of the molecule is Cc1sc2c(c1C)C(c1ccc(Nc3cccc(C#N)c3)cc1)=NC([C@H](C)C(=O)O)c1nnc(C)n1-2. The summed E-state index contributed by atoms with van der Waals surface area (Å²) in [5.41, 5.74) is 5.98. The molecule has 0 radical (unpaired) electrons. The number of aliphatic carboxylic acids is 1. The molecule has 2 N–H and O–H groups in total. The third kappa shape index (κ3) is 3.95. The number of aryl methyl sites for hydroxylation is 2. The first kappa shape index (κ1) is 23.5. The summed E-state index contributed by atoms with van der Waals surface area (Å²) < 4.78 is 1.96. The van der Waals surface area contributed by atoms with Crippen LogP contribution in [0.15, 0.2) is 53.5 Å². The Labute approximate surface area is 212 Å². The molecule has 1 aliphatic rings. The van der Waals surface area contributed by atoms with Crippen LogP contribution in [0.4, 0.5) is 11.4 Å². The highest BCUT2D eigenvalue weighted by Crippen LogP contribution is 2.40. The van der Waals surface area contributed by atoms with Crippen LogP contribution in [0.25, 0.3) is 5.00 Å². The average molecular weight is 497 g/mol. The van der Waals surface area contributed by atoms with Gasteiger partial charge in [0.2, 0.25) is 0 Å². The lowest BCUT2D eigenvalue weighted by atomic mass is 9.98. The number of hydrogen-bond donors (Lipinski definition) is 2. The number of thiophene rings is 1. The Morgan fingerprint density at radius 2 is 1.89 bits per heavy atom. The Balaban J connectivity index is 1.62. The molecule has 8 nitrogen and oxygen atoms in total. The highest BCUT2D eigenvalue weighted by molar-refractivity contribution is 7.15. The number of carboxylic acids is 1. The zero-order valence-corrected chi connectivity index (χ0v) is 21.1. The van der Waals surface area contributed by atoms with Gasteiger partial charge in [0.1, 0.15) is 16.9 Å². The standard InChI is InChI=1S/C27H24N6O2S/c1-14-16(3)36-26-22(14)24(30-23(15(2)27(34)35)25-32-31-17(4)33(25)26)19-8-10-20(11-9-19)29-21-7-5-6-18(12-21)13-28/h5-12,15,23,29H,1-4H3,(H,34,35)/t15-,23?/m0/s1. The summed E-state index contributed by atoms with van der Waals surface area (Å²) in [6.45, 7) is 7.67. The third-order valence-electron chi connectivity index (χ3n) is 6.49. The van der Waals surface area contributed by atoms with Crippen molar-refractivity contribution in [2.24, 2.45) is 10.9 Å². The van der Waals surface area contributed by atoms with Crippen LogP contribution in [0.3, 0.4) is 0 Å². The van der Waals surface area contributed by atoms with Gasteiger partial charge in [-0.3, -0.25) is 14.4 Å². The van der Waals surface area contributed by atoms with Gasteiger partial charge in [0, 0.05) is 27.4 Å². The average Bonchev–Trinajstić information content (AvgIpc) is 3.34. The smallest absolute Gasteiger partial charge is 0.308 e. The van der Waals surface area contributed by atoms with Gasteiger partial charge in [-0.1, -0.05) is 18.2 Å². The molecule has 0 saturated heterocycles. The van der Waals surface area contributed by atoms with E-state index in [1.165, 1.54) is 0 Å². The van der Waals surface area contributed by atoms with E-state index in [-0.39, 0.29) is 0 Å². The van der Waals surface area contributed by atoms with Crippen molar-refractivity contribution in [3.05, 3.63) is 87.3 Å². The number of aromatic nitrogens is 3. The third-order valence-corrected chi connectivity index (χ3v) is 7.68. The maximum Gasteiger partial charge on any atom is 0.308 e. The van der Waals surface area contributed by atoms with E-state index in [1.54, 1.807) is 30.4 Å². The van der Waals surface area contributed by atoms with Gasteiger partial charge in [0.15, 0.2) is 5.82 Å². The number of nitrogens with one attached hydrogen (secondary N) is 1. The van der Waals surface area contributed by atoms with Crippen molar-refractivity contribution in [1.29, 1.82) is 5.26 Å². The molecule has 0 amide bonds. The molecule has 4 aromatic rings. The van der Waals surface area contributed by atoms with Gasteiger partial charge in [0.25, 0.3) is 0 Å². The largest absolute Gasteiger partial charge is 0.481 e. The minimum absolute atomic E-state index is 0.538. The summed E-state index contributed by atoms with van der Waals surface area (Å²) >= 11 is 1.64. The molecule has 3 heterocycles. The van der Waals surface area contributed by atoms with Gasteiger partial charge in [0.05, 0.1) is 23.3 Å². The van der Waals surface area contributed by atoms with Crippen molar-refractivity contribution < 1.29 is 9.90 Å². The van der Waals surface area contributed by atoms with Gasteiger partial charge in [-0.05, 0) is 63.6 Å². The molecule has 0 bridgehead atoms. The summed E-state index contributed by atoms with van der Waals surface area (Å²) in [5, 5.41) is 31.9. The number of nitriles is 1. The van der Waals surface area contributed by atoms with Crippen molar-refractivity contribution in [1.82, 2.24) is 14.8 Å². The van der Waals surface area contributed by atoms with E-state index in [4.69, 9.17) is 10.3 Å². The van der Waals surface area contributed by atoms with Crippen LogP contribution < -0.4 is 5.32 Å². The number of fused-ring (bicyclic) bond motifs is 3. The quantitative estimate of drug-likeness (QED) is 0.378. The summed E-state index contributed by atoms with van der Waals surface area (Å²) in [6, 6.07) is 16.6. The first-order chi connectivity index (χ1) is 17.3. The Bertz CT molecular complexity index is 1560. The number of anilines is 2. The number of carboxylic acid groups (broad SMARTS) is 1. The first-order valence-corrected chi connectivity index (χ1v) is 12.3. The van der Waals surface area contributed by atoms with E-state index in [0.29, 0.717) is 17.2 Å². The van der Waals surface area contributed by atoms with Crippen molar-refractivity contribution in [2.45, 2.75) is 33.7 Å². The molecule has 1 unspecified atom stereocenters. The lowest BCUT2D eigenvalue weighted by molar-refractivity contribution is -0.141. The summed E-state index contributed by atoms with van der Waals surface area (Å²) in [4.78, 5) is 18.2. The predicted octanol–water partition coefficient (Wildman–Crippen LogP) is 5.48. The first-order valence-electron chi connectivity index (χ1n) is 11.5. The minimum atomic E-state index is -0.937. The Morgan fingerprint density at radius 1 is 1.14 bits per heavy atom. The van der Waals surface area contributed by atoms with Crippen LogP contribution in [-0.2, 0) is 4.79 Å². The van der Waals surface area contributed by atoms with E-state index in [0.717, 1.165) is 43.7 Å². The zero-order valence-electron chi connectivity index (χ0n) is 20.3. The van der Waals surface area contributed by atoms with E-state index in [9.17, 15) is 9.90 Å².